The largest absolute Gasteiger partial charge is 0.453 e. The van der Waals surface area contributed by atoms with Gasteiger partial charge in [-0.2, -0.15) is 5.10 Å². The predicted molar refractivity (Wildman–Crippen MR) is 166 cm³/mol. The maximum Gasteiger partial charge on any atom is 0.228 e. The van der Waals surface area contributed by atoms with E-state index in [2.05, 4.69) is 20.4 Å². The van der Waals surface area contributed by atoms with Crippen molar-refractivity contribution >= 4 is 33.3 Å². The second-order valence-corrected chi connectivity index (χ2v) is 13.9. The molecule has 222 valence electrons. The van der Waals surface area contributed by atoms with Crippen LogP contribution in [0.2, 0.25) is 0 Å². The minimum atomic E-state index is -1.45. The van der Waals surface area contributed by atoms with E-state index in [1.165, 1.54) is 6.07 Å². The highest BCUT2D eigenvalue weighted by Gasteiger charge is 2.31. The van der Waals surface area contributed by atoms with Gasteiger partial charge in [-0.05, 0) is 95.1 Å². The van der Waals surface area contributed by atoms with Gasteiger partial charge < -0.3 is 10.1 Å². The summed E-state index contributed by atoms with van der Waals surface area (Å²) in [6, 6.07) is 15.6. The van der Waals surface area contributed by atoms with Gasteiger partial charge in [-0.1, -0.05) is 12.1 Å². The van der Waals surface area contributed by atoms with Gasteiger partial charge in [0.25, 0.3) is 0 Å². The molecule has 5 aromatic rings. The topological polar surface area (TPSA) is 99.0 Å². The van der Waals surface area contributed by atoms with Crippen molar-refractivity contribution in [1.82, 2.24) is 19.7 Å². The van der Waals surface area contributed by atoms with Crippen molar-refractivity contribution in [3.05, 3.63) is 102 Å². The van der Waals surface area contributed by atoms with Gasteiger partial charge in [0.05, 0.1) is 50.6 Å². The molecule has 0 spiro atoms. The number of ether oxygens (including phenoxy) is 1. The summed E-state index contributed by atoms with van der Waals surface area (Å²) in [5.74, 6) is -0.453. The van der Waals surface area contributed by atoms with Crippen LogP contribution in [0.1, 0.15) is 51.4 Å². The van der Waals surface area contributed by atoms with Crippen LogP contribution < -0.4 is 10.1 Å². The third-order valence-corrected chi connectivity index (χ3v) is 8.87. The highest BCUT2D eigenvalue weighted by molar-refractivity contribution is 7.86. The molecule has 1 N–H and O–H groups in total. The average Bonchev–Trinajstić information content (AvgIpc) is 3.44. The molecule has 3 aromatic heterocycles. The van der Waals surface area contributed by atoms with Gasteiger partial charge in [-0.15, -0.1) is 0 Å². The van der Waals surface area contributed by atoms with E-state index in [0.717, 1.165) is 0 Å². The number of carbonyl (C=O) groups excluding carboxylic acids is 1. The first-order valence-electron chi connectivity index (χ1n) is 13.9. The van der Waals surface area contributed by atoms with Gasteiger partial charge in [-0.25, -0.2) is 4.39 Å². The number of benzene rings is 2. The molecule has 0 aliphatic rings. The molecule has 0 aliphatic heterocycles. The zero-order valence-electron chi connectivity index (χ0n) is 25.0. The SMILES string of the molecule is Cc1cc(CC(=O)Nc2cnn(C(C)(C)C)c2)cc(F)c1Oc1ccnc2ccc(S(=O)C(C)(C)c3ccccn3)cc12. The minimum Gasteiger partial charge on any atom is -0.453 e. The third-order valence-electron chi connectivity index (χ3n) is 7.05. The lowest BCUT2D eigenvalue weighted by molar-refractivity contribution is -0.115. The van der Waals surface area contributed by atoms with E-state index in [-0.39, 0.29) is 23.6 Å². The minimum absolute atomic E-state index is 0.0157. The molecule has 5 rings (SSSR count). The summed E-state index contributed by atoms with van der Waals surface area (Å²) in [5.41, 5.74) is 2.73. The van der Waals surface area contributed by atoms with Crippen molar-refractivity contribution in [3.63, 3.8) is 0 Å². The van der Waals surface area contributed by atoms with E-state index in [4.69, 9.17) is 4.74 Å². The number of hydrogen-bond donors (Lipinski definition) is 1. The summed E-state index contributed by atoms with van der Waals surface area (Å²) in [4.78, 5) is 22.1. The Bertz CT molecular complexity index is 1810. The van der Waals surface area contributed by atoms with E-state index in [1.54, 1.807) is 66.7 Å². The van der Waals surface area contributed by atoms with Gasteiger partial charge in [-0.3, -0.25) is 23.7 Å². The summed E-state index contributed by atoms with van der Waals surface area (Å²) >= 11 is 0. The zero-order chi connectivity index (χ0) is 30.9. The number of amides is 1. The molecule has 8 nitrogen and oxygen atoms in total. The number of anilines is 1. The van der Waals surface area contributed by atoms with Crippen molar-refractivity contribution < 1.29 is 18.1 Å². The zero-order valence-corrected chi connectivity index (χ0v) is 25.8. The number of fused-ring (bicyclic) bond motifs is 1. The Labute approximate surface area is 252 Å². The fourth-order valence-electron chi connectivity index (χ4n) is 4.70. The number of nitrogens with one attached hydrogen (secondary N) is 1. The predicted octanol–water partition coefficient (Wildman–Crippen LogP) is 7.05. The summed E-state index contributed by atoms with van der Waals surface area (Å²) in [6.07, 6.45) is 6.60. The van der Waals surface area contributed by atoms with Crippen molar-refractivity contribution in [2.75, 3.05) is 5.32 Å². The molecule has 0 radical (unpaired) electrons. The van der Waals surface area contributed by atoms with E-state index < -0.39 is 21.4 Å². The Morgan fingerprint density at radius 2 is 1.81 bits per heavy atom. The first-order valence-corrected chi connectivity index (χ1v) is 15.0. The molecule has 43 heavy (non-hydrogen) atoms. The molecule has 2 aromatic carbocycles. The van der Waals surface area contributed by atoms with Gasteiger partial charge >= 0.3 is 0 Å². The highest BCUT2D eigenvalue weighted by Crippen LogP contribution is 2.36. The van der Waals surface area contributed by atoms with Crippen LogP contribution >= 0.6 is 0 Å². The molecule has 3 heterocycles. The molecular formula is C33H34FN5O3S. The smallest absolute Gasteiger partial charge is 0.228 e. The van der Waals surface area contributed by atoms with Crippen molar-refractivity contribution in [2.24, 2.45) is 0 Å². The molecule has 1 atom stereocenters. The number of halogens is 1. The quantitative estimate of drug-likeness (QED) is 0.205. The number of aromatic nitrogens is 4. The number of rotatable bonds is 8. The Kier molecular flexibility index (Phi) is 8.16. The van der Waals surface area contributed by atoms with Crippen molar-refractivity contribution in [2.45, 2.75) is 63.1 Å². The molecular weight excluding hydrogens is 565 g/mol. The first-order chi connectivity index (χ1) is 20.3. The summed E-state index contributed by atoms with van der Waals surface area (Å²) in [6.45, 7) is 11.5. The molecule has 10 heteroatoms. The standard InChI is InChI=1S/C33H34FN5O3S/c1-21-15-22(17-30(40)38-23-19-37-39(20-23)32(2,3)4)16-26(34)31(21)42-28-12-14-35-27-11-10-24(18-25(27)28)43(41)33(5,6)29-9-7-8-13-36-29/h7-16,18-20H,17H2,1-6H3,(H,38,40). The first kappa shape index (κ1) is 30.0. The Morgan fingerprint density at radius 1 is 1.02 bits per heavy atom. The molecule has 0 fully saturated rings. The number of hydrogen-bond acceptors (Lipinski definition) is 6. The number of carbonyl (C=O) groups is 1. The van der Waals surface area contributed by atoms with Gasteiger partial charge in [0, 0.05) is 28.9 Å². The fourth-order valence-corrected chi connectivity index (χ4v) is 6.02. The van der Waals surface area contributed by atoms with Crippen LogP contribution in [0.5, 0.6) is 11.5 Å². The molecule has 0 aliphatic carbocycles. The Hall–Kier alpha value is -4.44. The molecule has 0 bridgehead atoms. The molecule has 0 saturated carbocycles. The number of aryl methyl sites for hydroxylation is 1. The van der Waals surface area contributed by atoms with Gasteiger partial charge in [0.1, 0.15) is 5.75 Å². The summed E-state index contributed by atoms with van der Waals surface area (Å²) in [7, 11) is -1.45. The van der Waals surface area contributed by atoms with Crippen LogP contribution in [0.4, 0.5) is 10.1 Å². The van der Waals surface area contributed by atoms with Gasteiger partial charge in [0.15, 0.2) is 11.6 Å². The monoisotopic (exact) mass is 599 g/mol. The Morgan fingerprint density at radius 3 is 2.49 bits per heavy atom. The van der Waals surface area contributed by atoms with Crippen LogP contribution in [0.25, 0.3) is 10.9 Å². The lowest BCUT2D eigenvalue weighted by Gasteiger charge is -2.23. The van der Waals surface area contributed by atoms with Crippen LogP contribution in [0.3, 0.4) is 0 Å². The van der Waals surface area contributed by atoms with Crippen molar-refractivity contribution in [1.29, 1.82) is 0 Å². The highest BCUT2D eigenvalue weighted by atomic mass is 32.2. The lowest BCUT2D eigenvalue weighted by Crippen LogP contribution is -2.25. The van der Waals surface area contributed by atoms with Crippen LogP contribution in [-0.2, 0) is 32.3 Å². The number of pyridine rings is 2. The van der Waals surface area contributed by atoms with E-state index in [9.17, 15) is 9.00 Å². The summed E-state index contributed by atoms with van der Waals surface area (Å²) in [5, 5.41) is 7.71. The molecule has 1 amide bonds. The second-order valence-electron chi connectivity index (χ2n) is 11.9. The van der Waals surface area contributed by atoms with Crippen molar-refractivity contribution in [3.8, 4) is 11.5 Å². The average molecular weight is 600 g/mol. The maximum absolute atomic E-state index is 15.4. The van der Waals surface area contributed by atoms with Crippen LogP contribution in [-0.4, -0.2) is 29.9 Å². The van der Waals surface area contributed by atoms with Crippen LogP contribution in [0.15, 0.2) is 84.3 Å². The van der Waals surface area contributed by atoms with E-state index in [1.807, 2.05) is 52.8 Å². The maximum atomic E-state index is 15.4. The van der Waals surface area contributed by atoms with E-state index >= 15 is 4.39 Å². The van der Waals surface area contributed by atoms with Crippen LogP contribution in [0, 0.1) is 12.7 Å². The molecule has 0 saturated heterocycles. The Balaban J connectivity index is 1.37. The molecule has 1 unspecified atom stereocenters. The normalized spacial score (nSPS) is 12.7. The third kappa shape index (κ3) is 6.49. The summed E-state index contributed by atoms with van der Waals surface area (Å²) < 4.78 is 36.2. The number of nitrogens with zero attached hydrogens (tertiary/aromatic N) is 4. The van der Waals surface area contributed by atoms with Gasteiger partial charge in [0.2, 0.25) is 5.91 Å². The lowest BCUT2D eigenvalue weighted by atomic mass is 10.1. The second kappa shape index (κ2) is 11.7. The fraction of sp³-hybridized carbons (Fsp3) is 0.273. The van der Waals surface area contributed by atoms with E-state index in [0.29, 0.717) is 44.1 Å².